The van der Waals surface area contributed by atoms with Crippen LogP contribution in [0.4, 0.5) is 4.79 Å². The SMILES string of the molecule is Cc1cccc(-n2cnc(C3CC3CCCN)c2)c1.O=C(O)O. The number of imidazole rings is 1. The van der Waals surface area contributed by atoms with Crippen LogP contribution in [0.1, 0.15) is 36.4 Å². The highest BCUT2D eigenvalue weighted by Crippen LogP contribution is 2.49. The van der Waals surface area contributed by atoms with Crippen molar-refractivity contribution in [2.24, 2.45) is 11.7 Å². The number of aromatic nitrogens is 2. The van der Waals surface area contributed by atoms with E-state index in [1.807, 2.05) is 6.33 Å². The van der Waals surface area contributed by atoms with Crippen molar-refractivity contribution >= 4 is 6.16 Å². The summed E-state index contributed by atoms with van der Waals surface area (Å²) in [6, 6.07) is 8.51. The van der Waals surface area contributed by atoms with E-state index in [9.17, 15) is 0 Å². The van der Waals surface area contributed by atoms with Crippen molar-refractivity contribution in [2.75, 3.05) is 6.54 Å². The van der Waals surface area contributed by atoms with Crippen molar-refractivity contribution in [2.45, 2.75) is 32.1 Å². The Morgan fingerprint density at radius 1 is 1.43 bits per heavy atom. The van der Waals surface area contributed by atoms with Gasteiger partial charge in [0.1, 0.15) is 0 Å². The number of hydrogen-bond acceptors (Lipinski definition) is 3. The molecule has 3 rings (SSSR count). The van der Waals surface area contributed by atoms with E-state index in [0.29, 0.717) is 5.92 Å². The topological polar surface area (TPSA) is 101 Å². The van der Waals surface area contributed by atoms with Gasteiger partial charge in [-0.15, -0.1) is 0 Å². The molecule has 2 aromatic rings. The lowest BCUT2D eigenvalue weighted by Crippen LogP contribution is -1.98. The lowest BCUT2D eigenvalue weighted by Gasteiger charge is -2.02. The van der Waals surface area contributed by atoms with Gasteiger partial charge >= 0.3 is 6.16 Å². The molecule has 1 aliphatic carbocycles. The molecule has 1 saturated carbocycles. The zero-order chi connectivity index (χ0) is 16.8. The standard InChI is InChI=1S/C16H21N3.CH2O3/c1-12-4-2-6-14(8-12)19-10-16(18-11-19)15-9-13(15)5-3-7-17;2-1(3)4/h2,4,6,8,10-11,13,15H,3,5,7,9,17H2,1H3;(H2,2,3,4). The highest BCUT2D eigenvalue weighted by molar-refractivity contribution is 5.53. The fraction of sp³-hybridized carbons (Fsp3) is 0.412. The molecule has 2 atom stereocenters. The fourth-order valence-corrected chi connectivity index (χ4v) is 2.77. The average molecular weight is 317 g/mol. The number of aryl methyl sites for hydroxylation is 1. The lowest BCUT2D eigenvalue weighted by atomic mass is 10.1. The van der Waals surface area contributed by atoms with Crippen LogP contribution in [-0.2, 0) is 0 Å². The van der Waals surface area contributed by atoms with Gasteiger partial charge in [0.15, 0.2) is 0 Å². The largest absolute Gasteiger partial charge is 0.503 e. The first-order chi connectivity index (χ1) is 11.0. The molecule has 1 fully saturated rings. The van der Waals surface area contributed by atoms with Gasteiger partial charge in [-0.3, -0.25) is 0 Å². The molecule has 6 heteroatoms. The smallest absolute Gasteiger partial charge is 0.450 e. The number of rotatable bonds is 5. The Bertz CT molecular complexity index is 650. The second-order valence-electron chi connectivity index (χ2n) is 5.86. The Balaban J connectivity index is 0.000000433. The molecule has 0 saturated heterocycles. The van der Waals surface area contributed by atoms with Crippen molar-refractivity contribution in [1.82, 2.24) is 9.55 Å². The number of nitrogens with two attached hydrogens (primary N) is 1. The minimum absolute atomic E-state index is 0.664. The highest BCUT2D eigenvalue weighted by Gasteiger charge is 2.38. The molecule has 6 nitrogen and oxygen atoms in total. The van der Waals surface area contributed by atoms with Crippen LogP contribution in [0.5, 0.6) is 0 Å². The Kier molecular flexibility index (Phi) is 5.76. The number of carbonyl (C=O) groups is 1. The molecule has 124 valence electrons. The van der Waals surface area contributed by atoms with Gasteiger partial charge in [0, 0.05) is 17.8 Å². The van der Waals surface area contributed by atoms with Crippen molar-refractivity contribution < 1.29 is 15.0 Å². The second kappa shape index (κ2) is 7.78. The number of nitrogens with zero attached hydrogens (tertiary/aromatic N) is 2. The third-order valence-corrected chi connectivity index (χ3v) is 3.98. The van der Waals surface area contributed by atoms with Gasteiger partial charge in [-0.25, -0.2) is 9.78 Å². The summed E-state index contributed by atoms with van der Waals surface area (Å²) in [4.78, 5) is 13.1. The molecular weight excluding hydrogens is 294 g/mol. The second-order valence-corrected chi connectivity index (χ2v) is 5.86. The van der Waals surface area contributed by atoms with Gasteiger partial charge < -0.3 is 20.5 Å². The summed E-state index contributed by atoms with van der Waals surface area (Å²) >= 11 is 0. The molecule has 1 aromatic heterocycles. The maximum absolute atomic E-state index is 8.56. The Hall–Kier alpha value is -2.34. The normalized spacial score (nSPS) is 18.9. The third kappa shape index (κ3) is 5.10. The van der Waals surface area contributed by atoms with E-state index < -0.39 is 6.16 Å². The van der Waals surface area contributed by atoms with Crippen molar-refractivity contribution in [3.63, 3.8) is 0 Å². The fourth-order valence-electron chi connectivity index (χ4n) is 2.77. The van der Waals surface area contributed by atoms with Crippen LogP contribution in [0, 0.1) is 12.8 Å². The molecule has 4 N–H and O–H groups in total. The van der Waals surface area contributed by atoms with Gasteiger partial charge in [-0.2, -0.15) is 0 Å². The van der Waals surface area contributed by atoms with Gasteiger partial charge in [0.2, 0.25) is 0 Å². The summed E-state index contributed by atoms with van der Waals surface area (Å²) in [6.07, 6.45) is 5.95. The van der Waals surface area contributed by atoms with Crippen molar-refractivity contribution in [1.29, 1.82) is 0 Å². The predicted octanol–water partition coefficient (Wildman–Crippen LogP) is 3.25. The first kappa shape index (κ1) is 17.0. The minimum Gasteiger partial charge on any atom is -0.450 e. The maximum atomic E-state index is 8.56. The van der Waals surface area contributed by atoms with Crippen molar-refractivity contribution in [3.05, 3.63) is 48.0 Å². The summed E-state index contributed by atoms with van der Waals surface area (Å²) in [5.74, 6) is 1.47. The summed E-state index contributed by atoms with van der Waals surface area (Å²) in [5, 5.41) is 13.9. The van der Waals surface area contributed by atoms with Crippen LogP contribution in [-0.4, -0.2) is 32.5 Å². The van der Waals surface area contributed by atoms with Crippen LogP contribution >= 0.6 is 0 Å². The van der Waals surface area contributed by atoms with E-state index in [0.717, 1.165) is 18.9 Å². The van der Waals surface area contributed by atoms with Gasteiger partial charge in [-0.1, -0.05) is 12.1 Å². The summed E-state index contributed by atoms with van der Waals surface area (Å²) in [6.45, 7) is 2.92. The molecule has 0 aliphatic heterocycles. The van der Waals surface area contributed by atoms with Crippen LogP contribution in [0.2, 0.25) is 0 Å². The van der Waals surface area contributed by atoms with Crippen molar-refractivity contribution in [3.8, 4) is 5.69 Å². The van der Waals surface area contributed by atoms with Crippen LogP contribution < -0.4 is 5.73 Å². The van der Waals surface area contributed by atoms with Crippen LogP contribution in [0.15, 0.2) is 36.8 Å². The molecule has 23 heavy (non-hydrogen) atoms. The van der Waals surface area contributed by atoms with Crippen LogP contribution in [0.3, 0.4) is 0 Å². The molecule has 1 aliphatic rings. The van der Waals surface area contributed by atoms with Gasteiger partial charge in [-0.05, 0) is 56.3 Å². The molecule has 1 aromatic carbocycles. The predicted molar refractivity (Wildman–Crippen MR) is 88.1 cm³/mol. The number of benzene rings is 1. The Labute approximate surface area is 135 Å². The van der Waals surface area contributed by atoms with E-state index in [-0.39, 0.29) is 0 Å². The first-order valence-electron chi connectivity index (χ1n) is 7.74. The lowest BCUT2D eigenvalue weighted by molar-refractivity contribution is 0.137. The molecule has 1 heterocycles. The molecular formula is C17H23N3O3. The minimum atomic E-state index is -1.83. The van der Waals surface area contributed by atoms with E-state index >= 15 is 0 Å². The van der Waals surface area contributed by atoms with Gasteiger partial charge in [0.05, 0.1) is 12.0 Å². The molecule has 2 unspecified atom stereocenters. The zero-order valence-corrected chi connectivity index (χ0v) is 13.2. The van der Waals surface area contributed by atoms with E-state index in [1.165, 1.54) is 29.8 Å². The third-order valence-electron chi connectivity index (χ3n) is 3.98. The molecule has 0 amide bonds. The number of carboxylic acid groups (broad SMARTS) is 2. The Morgan fingerprint density at radius 3 is 2.83 bits per heavy atom. The summed E-state index contributed by atoms with van der Waals surface area (Å²) < 4.78 is 2.13. The molecule has 0 radical (unpaired) electrons. The Morgan fingerprint density at radius 2 is 2.17 bits per heavy atom. The monoisotopic (exact) mass is 317 g/mol. The first-order valence-corrected chi connectivity index (χ1v) is 7.74. The average Bonchev–Trinajstić information content (AvgIpc) is 3.09. The molecule has 0 spiro atoms. The highest BCUT2D eigenvalue weighted by atomic mass is 16.6. The quantitative estimate of drug-likeness (QED) is 0.785. The maximum Gasteiger partial charge on any atom is 0.503 e. The van der Waals surface area contributed by atoms with E-state index in [2.05, 4.69) is 46.9 Å². The number of hydrogen-bond donors (Lipinski definition) is 3. The van der Waals surface area contributed by atoms with Crippen LogP contribution in [0.25, 0.3) is 5.69 Å². The zero-order valence-electron chi connectivity index (χ0n) is 13.2. The summed E-state index contributed by atoms with van der Waals surface area (Å²) in [5.41, 5.74) is 9.27. The van der Waals surface area contributed by atoms with E-state index in [4.69, 9.17) is 20.7 Å². The summed E-state index contributed by atoms with van der Waals surface area (Å²) in [7, 11) is 0. The van der Waals surface area contributed by atoms with E-state index in [1.54, 1.807) is 0 Å². The molecule has 0 bridgehead atoms. The van der Waals surface area contributed by atoms with Gasteiger partial charge in [0.25, 0.3) is 0 Å².